The lowest BCUT2D eigenvalue weighted by molar-refractivity contribution is -0.141. The zero-order chi connectivity index (χ0) is 28.3. The molecule has 1 N–H and O–H groups in total. The largest absolute Gasteiger partial charge is 0.493 e. The highest BCUT2D eigenvalue weighted by atomic mass is 79.9. The Morgan fingerprint density at radius 1 is 1.05 bits per heavy atom. The van der Waals surface area contributed by atoms with Gasteiger partial charge in [-0.2, -0.15) is 0 Å². The van der Waals surface area contributed by atoms with E-state index >= 15 is 0 Å². The molecule has 39 heavy (non-hydrogen) atoms. The number of ketones is 1. The third-order valence-electron chi connectivity index (χ3n) is 6.97. The first-order valence-corrected chi connectivity index (χ1v) is 13.6. The molecule has 1 aliphatic carbocycles. The van der Waals surface area contributed by atoms with E-state index in [-0.39, 0.29) is 41.9 Å². The molecule has 0 bridgehead atoms. The maximum absolute atomic E-state index is 14.2. The minimum absolute atomic E-state index is 0.0107. The van der Waals surface area contributed by atoms with Crippen LogP contribution in [0.4, 0.5) is 4.39 Å². The van der Waals surface area contributed by atoms with Crippen molar-refractivity contribution in [2.45, 2.75) is 51.6 Å². The lowest BCUT2D eigenvalue weighted by atomic mass is 9.71. The number of Topliss-reactive ketones (excluding diaryl/α,β-unsaturated/α-hetero) is 1. The number of dihydropyridines is 1. The van der Waals surface area contributed by atoms with Crippen molar-refractivity contribution in [3.05, 3.63) is 80.4 Å². The second kappa shape index (κ2) is 12.3. The summed E-state index contributed by atoms with van der Waals surface area (Å²) in [5.41, 5.74) is 3.74. The summed E-state index contributed by atoms with van der Waals surface area (Å²) in [5, 5.41) is 3.33. The number of carbonyl (C=O) groups is 2. The van der Waals surface area contributed by atoms with Crippen molar-refractivity contribution >= 4 is 27.7 Å². The smallest absolute Gasteiger partial charge is 0.336 e. The molecular weight excluding hydrogens is 569 g/mol. The van der Waals surface area contributed by atoms with Crippen molar-refractivity contribution in [3.8, 4) is 11.5 Å². The topological polar surface area (TPSA) is 83.1 Å². The van der Waals surface area contributed by atoms with E-state index in [9.17, 15) is 14.0 Å². The van der Waals surface area contributed by atoms with Gasteiger partial charge in [-0.3, -0.25) is 4.79 Å². The van der Waals surface area contributed by atoms with Crippen LogP contribution in [0.15, 0.2) is 63.4 Å². The Kier molecular flexibility index (Phi) is 9.12. The number of ether oxygens (including phenoxy) is 4. The highest BCUT2D eigenvalue weighted by molar-refractivity contribution is 9.10. The second-order valence-electron chi connectivity index (χ2n) is 9.86. The number of esters is 1. The molecule has 2 atom stereocenters. The van der Waals surface area contributed by atoms with E-state index in [4.69, 9.17) is 18.9 Å². The van der Waals surface area contributed by atoms with E-state index in [0.29, 0.717) is 40.3 Å². The zero-order valence-electron chi connectivity index (χ0n) is 22.7. The third-order valence-corrected chi connectivity index (χ3v) is 7.58. The standard InChI is InChI=1S/C30H33BrFNO6/c1-16(2)38-10-11-39-30(35)27-17(3)33-23-13-20(18-7-9-25(36-4)26(15-18)37-5)14-24(34)29(23)28(27)19-6-8-22(32)21(31)12-19/h6-9,12,15-16,20,28,33H,10-11,13-14H2,1-5H3/t20-,28+/m0/s1. The monoisotopic (exact) mass is 601 g/mol. The molecule has 0 radical (unpaired) electrons. The van der Waals surface area contributed by atoms with E-state index in [1.807, 2.05) is 32.0 Å². The van der Waals surface area contributed by atoms with Crippen molar-refractivity contribution in [2.75, 3.05) is 27.4 Å². The molecule has 9 heteroatoms. The van der Waals surface area contributed by atoms with Crippen LogP contribution < -0.4 is 14.8 Å². The molecule has 2 aliphatic rings. The Morgan fingerprint density at radius 3 is 2.44 bits per heavy atom. The van der Waals surface area contributed by atoms with Crippen LogP contribution in [0.3, 0.4) is 0 Å². The molecule has 7 nitrogen and oxygen atoms in total. The van der Waals surface area contributed by atoms with Gasteiger partial charge < -0.3 is 24.3 Å². The third kappa shape index (κ3) is 6.20. The maximum Gasteiger partial charge on any atom is 0.336 e. The van der Waals surface area contributed by atoms with Crippen molar-refractivity contribution in [1.29, 1.82) is 0 Å². The molecule has 0 saturated heterocycles. The van der Waals surface area contributed by atoms with Crippen molar-refractivity contribution in [3.63, 3.8) is 0 Å². The predicted molar refractivity (Wildman–Crippen MR) is 148 cm³/mol. The molecular formula is C30H33BrFNO6. The van der Waals surface area contributed by atoms with Gasteiger partial charge in [-0.1, -0.05) is 12.1 Å². The molecule has 4 rings (SSSR count). The molecule has 0 saturated carbocycles. The number of benzene rings is 2. The van der Waals surface area contributed by atoms with Crippen LogP contribution in [0.25, 0.3) is 0 Å². The van der Waals surface area contributed by atoms with E-state index in [2.05, 4.69) is 21.2 Å². The van der Waals surface area contributed by atoms with E-state index < -0.39 is 17.7 Å². The average Bonchev–Trinajstić information content (AvgIpc) is 2.91. The van der Waals surface area contributed by atoms with Gasteiger partial charge in [-0.15, -0.1) is 0 Å². The maximum atomic E-state index is 14.2. The number of allylic oxidation sites excluding steroid dienone is 3. The summed E-state index contributed by atoms with van der Waals surface area (Å²) in [6.45, 7) is 5.94. The van der Waals surface area contributed by atoms with Crippen LogP contribution in [0.5, 0.6) is 11.5 Å². The summed E-state index contributed by atoms with van der Waals surface area (Å²) in [4.78, 5) is 27.2. The van der Waals surface area contributed by atoms with Gasteiger partial charge in [0.05, 0.1) is 37.0 Å². The molecule has 0 spiro atoms. The minimum Gasteiger partial charge on any atom is -0.493 e. The molecule has 2 aromatic carbocycles. The number of methoxy groups -OCH3 is 2. The number of rotatable bonds is 9. The van der Waals surface area contributed by atoms with Gasteiger partial charge in [-0.05, 0) is 84.4 Å². The highest BCUT2D eigenvalue weighted by Gasteiger charge is 2.41. The first-order valence-electron chi connectivity index (χ1n) is 12.8. The summed E-state index contributed by atoms with van der Waals surface area (Å²) in [6, 6.07) is 10.2. The van der Waals surface area contributed by atoms with Crippen LogP contribution in [-0.4, -0.2) is 45.3 Å². The molecule has 0 unspecified atom stereocenters. The molecule has 1 aliphatic heterocycles. The van der Waals surface area contributed by atoms with E-state index in [1.165, 1.54) is 6.07 Å². The second-order valence-corrected chi connectivity index (χ2v) is 10.7. The molecule has 2 aromatic rings. The first kappa shape index (κ1) is 28.8. The Morgan fingerprint density at radius 2 is 1.77 bits per heavy atom. The number of halogens is 2. The SMILES string of the molecule is COc1ccc([C@@H]2CC(=O)C3=C(C2)NC(C)=C(C(=O)OCCOC(C)C)[C@H]3c2ccc(F)c(Br)c2)cc1OC. The van der Waals surface area contributed by atoms with Crippen LogP contribution in [0, 0.1) is 5.82 Å². The Labute approximate surface area is 236 Å². The van der Waals surface area contributed by atoms with Gasteiger partial charge in [-0.25, -0.2) is 9.18 Å². The summed E-state index contributed by atoms with van der Waals surface area (Å²) < 4.78 is 36.3. The zero-order valence-corrected chi connectivity index (χ0v) is 24.3. The summed E-state index contributed by atoms with van der Waals surface area (Å²) in [6.07, 6.45) is 0.812. The average molecular weight is 602 g/mol. The van der Waals surface area contributed by atoms with Gasteiger partial charge in [0.25, 0.3) is 0 Å². The number of carbonyl (C=O) groups excluding carboxylic acids is 2. The molecule has 208 valence electrons. The fourth-order valence-electron chi connectivity index (χ4n) is 5.17. The van der Waals surface area contributed by atoms with E-state index in [0.717, 1.165) is 11.3 Å². The Balaban J connectivity index is 1.71. The van der Waals surface area contributed by atoms with Gasteiger partial charge in [0.2, 0.25) is 0 Å². The van der Waals surface area contributed by atoms with Gasteiger partial charge in [0.1, 0.15) is 12.4 Å². The molecule has 0 amide bonds. The van der Waals surface area contributed by atoms with Crippen LogP contribution >= 0.6 is 15.9 Å². The van der Waals surface area contributed by atoms with Gasteiger partial charge >= 0.3 is 5.97 Å². The normalized spacial score (nSPS) is 19.1. The Bertz CT molecular complexity index is 1330. The predicted octanol–water partition coefficient (Wildman–Crippen LogP) is 5.94. The van der Waals surface area contributed by atoms with Crippen LogP contribution in [0.2, 0.25) is 0 Å². The van der Waals surface area contributed by atoms with Gasteiger partial charge in [0, 0.05) is 29.3 Å². The van der Waals surface area contributed by atoms with Crippen molar-refractivity contribution in [1.82, 2.24) is 5.32 Å². The summed E-state index contributed by atoms with van der Waals surface area (Å²) >= 11 is 3.26. The number of hydrogen-bond acceptors (Lipinski definition) is 7. The molecule has 0 fully saturated rings. The molecule has 0 aromatic heterocycles. The first-order chi connectivity index (χ1) is 18.6. The lowest BCUT2D eigenvalue weighted by Gasteiger charge is -2.37. The van der Waals surface area contributed by atoms with Crippen molar-refractivity contribution in [2.24, 2.45) is 0 Å². The minimum atomic E-state index is -0.699. The fraction of sp³-hybridized carbons (Fsp3) is 0.400. The van der Waals surface area contributed by atoms with Crippen molar-refractivity contribution < 1.29 is 32.9 Å². The van der Waals surface area contributed by atoms with Gasteiger partial charge in [0.15, 0.2) is 17.3 Å². The fourth-order valence-corrected chi connectivity index (χ4v) is 5.57. The Hall–Kier alpha value is -3.17. The number of hydrogen-bond donors (Lipinski definition) is 1. The quantitative estimate of drug-likeness (QED) is 0.281. The van der Waals surface area contributed by atoms with Crippen LogP contribution in [0.1, 0.15) is 56.6 Å². The van der Waals surface area contributed by atoms with Crippen LogP contribution in [-0.2, 0) is 19.1 Å². The lowest BCUT2D eigenvalue weighted by Crippen LogP contribution is -2.36. The summed E-state index contributed by atoms with van der Waals surface area (Å²) in [7, 11) is 3.15. The highest BCUT2D eigenvalue weighted by Crippen LogP contribution is 2.47. The van der Waals surface area contributed by atoms with E-state index in [1.54, 1.807) is 33.3 Å². The summed E-state index contributed by atoms with van der Waals surface area (Å²) in [5.74, 6) is -0.651. The molecule has 1 heterocycles. The number of nitrogens with one attached hydrogen (secondary N) is 1.